The van der Waals surface area contributed by atoms with Crippen molar-refractivity contribution in [2.24, 2.45) is 5.92 Å². The average Bonchev–Trinajstić information content (AvgIpc) is 1.84. The Bertz CT molecular complexity index is 107. The molecule has 0 aromatic heterocycles. The summed E-state index contributed by atoms with van der Waals surface area (Å²) in [5.41, 5.74) is 0.0219. The van der Waals surface area contributed by atoms with Crippen LogP contribution in [0, 0.1) is 5.92 Å². The maximum atomic E-state index is 5.63. The molecule has 2 heteroatoms. The van der Waals surface area contributed by atoms with E-state index in [-0.39, 0.29) is 5.60 Å². The molecular formula is C10H21BrO. The molecule has 0 aromatic rings. The summed E-state index contributed by atoms with van der Waals surface area (Å²) in [5.74, 6) is 0.770. The van der Waals surface area contributed by atoms with Crippen LogP contribution in [0.2, 0.25) is 0 Å². The van der Waals surface area contributed by atoms with Gasteiger partial charge in [-0.2, -0.15) is 0 Å². The van der Waals surface area contributed by atoms with Crippen LogP contribution in [0.15, 0.2) is 0 Å². The quantitative estimate of drug-likeness (QED) is 0.663. The largest absolute Gasteiger partial charge is 0.376 e. The van der Waals surface area contributed by atoms with E-state index in [0.29, 0.717) is 0 Å². The Hall–Kier alpha value is 0.440. The smallest absolute Gasteiger partial charge is 0.0598 e. The number of halogens is 1. The molecule has 0 saturated heterocycles. The first-order chi connectivity index (χ1) is 5.45. The van der Waals surface area contributed by atoms with Gasteiger partial charge in [-0.1, -0.05) is 22.9 Å². The molecule has 0 spiro atoms. The molecule has 74 valence electrons. The molecule has 0 aromatic carbocycles. The van der Waals surface area contributed by atoms with Gasteiger partial charge in [0.2, 0.25) is 0 Å². The maximum absolute atomic E-state index is 5.63. The first kappa shape index (κ1) is 12.4. The minimum atomic E-state index is 0.0219. The van der Waals surface area contributed by atoms with Crippen molar-refractivity contribution in [3.63, 3.8) is 0 Å². The highest BCUT2D eigenvalue weighted by Gasteiger charge is 2.10. The van der Waals surface area contributed by atoms with Gasteiger partial charge < -0.3 is 4.74 Å². The van der Waals surface area contributed by atoms with E-state index >= 15 is 0 Å². The Morgan fingerprint density at radius 2 is 1.83 bits per heavy atom. The van der Waals surface area contributed by atoms with Crippen LogP contribution < -0.4 is 0 Å². The molecule has 1 nitrogen and oxygen atoms in total. The average molecular weight is 237 g/mol. The lowest BCUT2D eigenvalue weighted by atomic mass is 10.1. The van der Waals surface area contributed by atoms with Gasteiger partial charge in [0.05, 0.1) is 5.60 Å². The normalized spacial score (nSPS) is 14.8. The molecule has 0 aliphatic carbocycles. The minimum Gasteiger partial charge on any atom is -0.376 e. The molecule has 0 heterocycles. The standard InChI is InChI=1S/C10H21BrO/c1-9(5-7-11)6-8-12-10(2,3)4/h9H,5-8H2,1-4H3. The molecule has 1 unspecified atom stereocenters. The third-order valence-electron chi connectivity index (χ3n) is 1.75. The summed E-state index contributed by atoms with van der Waals surface area (Å²) in [5, 5.41) is 1.10. The van der Waals surface area contributed by atoms with Gasteiger partial charge in [0.15, 0.2) is 0 Å². The number of hydrogen-bond donors (Lipinski definition) is 0. The second kappa shape index (κ2) is 5.98. The summed E-state index contributed by atoms with van der Waals surface area (Å²) in [4.78, 5) is 0. The summed E-state index contributed by atoms with van der Waals surface area (Å²) in [7, 11) is 0. The van der Waals surface area contributed by atoms with E-state index in [2.05, 4.69) is 43.6 Å². The van der Waals surface area contributed by atoms with Crippen LogP contribution in [-0.2, 0) is 4.74 Å². The van der Waals surface area contributed by atoms with Crippen LogP contribution in [0.5, 0.6) is 0 Å². The molecule has 0 aliphatic heterocycles. The number of alkyl halides is 1. The topological polar surface area (TPSA) is 9.23 Å². The predicted molar refractivity (Wildman–Crippen MR) is 57.9 cm³/mol. The van der Waals surface area contributed by atoms with Crippen molar-refractivity contribution >= 4 is 15.9 Å². The fourth-order valence-electron chi connectivity index (χ4n) is 0.897. The Labute approximate surface area is 85.0 Å². The number of ether oxygens (including phenoxy) is 1. The van der Waals surface area contributed by atoms with E-state index < -0.39 is 0 Å². The Morgan fingerprint density at radius 1 is 1.25 bits per heavy atom. The first-order valence-corrected chi connectivity index (χ1v) is 5.78. The van der Waals surface area contributed by atoms with Crippen molar-refractivity contribution in [3.05, 3.63) is 0 Å². The van der Waals surface area contributed by atoms with E-state index in [9.17, 15) is 0 Å². The van der Waals surface area contributed by atoms with E-state index in [4.69, 9.17) is 4.74 Å². The monoisotopic (exact) mass is 236 g/mol. The van der Waals surface area contributed by atoms with Crippen LogP contribution in [0.25, 0.3) is 0 Å². The maximum Gasteiger partial charge on any atom is 0.0598 e. The summed E-state index contributed by atoms with van der Waals surface area (Å²) in [6.45, 7) is 9.46. The third-order valence-corrected chi connectivity index (χ3v) is 2.21. The van der Waals surface area contributed by atoms with Crippen LogP contribution in [0.4, 0.5) is 0 Å². The highest BCUT2D eigenvalue weighted by molar-refractivity contribution is 9.09. The summed E-state index contributed by atoms with van der Waals surface area (Å²) >= 11 is 3.44. The highest BCUT2D eigenvalue weighted by Crippen LogP contribution is 2.12. The van der Waals surface area contributed by atoms with Gasteiger partial charge in [0.1, 0.15) is 0 Å². The van der Waals surface area contributed by atoms with Crippen LogP contribution in [-0.4, -0.2) is 17.5 Å². The zero-order valence-electron chi connectivity index (χ0n) is 8.69. The SMILES string of the molecule is CC(CCBr)CCOC(C)(C)C. The van der Waals surface area contributed by atoms with Crippen molar-refractivity contribution in [2.45, 2.75) is 46.1 Å². The van der Waals surface area contributed by atoms with Gasteiger partial charge in [-0.05, 0) is 39.5 Å². The Morgan fingerprint density at radius 3 is 2.25 bits per heavy atom. The van der Waals surface area contributed by atoms with Gasteiger partial charge in [0, 0.05) is 11.9 Å². The molecule has 12 heavy (non-hydrogen) atoms. The van der Waals surface area contributed by atoms with Crippen molar-refractivity contribution in [3.8, 4) is 0 Å². The molecule has 0 saturated carbocycles. The molecule has 0 N–H and O–H groups in total. The van der Waals surface area contributed by atoms with Gasteiger partial charge >= 0.3 is 0 Å². The molecule has 0 bridgehead atoms. The lowest BCUT2D eigenvalue weighted by Gasteiger charge is -2.20. The van der Waals surface area contributed by atoms with E-state index in [0.717, 1.165) is 17.9 Å². The highest BCUT2D eigenvalue weighted by atomic mass is 79.9. The fourth-order valence-corrected chi connectivity index (χ4v) is 1.68. The lowest BCUT2D eigenvalue weighted by molar-refractivity contribution is -0.00855. The molecule has 1 atom stereocenters. The fraction of sp³-hybridized carbons (Fsp3) is 1.00. The van der Waals surface area contributed by atoms with Crippen LogP contribution in [0.1, 0.15) is 40.5 Å². The Kier molecular flexibility index (Phi) is 6.20. The van der Waals surface area contributed by atoms with Crippen molar-refractivity contribution in [1.82, 2.24) is 0 Å². The van der Waals surface area contributed by atoms with E-state index in [1.165, 1.54) is 12.8 Å². The second-order valence-electron chi connectivity index (χ2n) is 4.33. The van der Waals surface area contributed by atoms with Crippen LogP contribution >= 0.6 is 15.9 Å². The summed E-state index contributed by atoms with van der Waals surface area (Å²) in [6, 6.07) is 0. The number of rotatable bonds is 5. The van der Waals surface area contributed by atoms with Crippen molar-refractivity contribution in [2.75, 3.05) is 11.9 Å². The summed E-state index contributed by atoms with van der Waals surface area (Å²) in [6.07, 6.45) is 2.41. The minimum absolute atomic E-state index is 0.0219. The third kappa shape index (κ3) is 8.54. The van der Waals surface area contributed by atoms with Gasteiger partial charge in [0.25, 0.3) is 0 Å². The van der Waals surface area contributed by atoms with E-state index in [1.807, 2.05) is 0 Å². The van der Waals surface area contributed by atoms with Crippen molar-refractivity contribution < 1.29 is 4.74 Å². The zero-order valence-corrected chi connectivity index (χ0v) is 10.3. The van der Waals surface area contributed by atoms with Gasteiger partial charge in [-0.3, -0.25) is 0 Å². The van der Waals surface area contributed by atoms with E-state index in [1.54, 1.807) is 0 Å². The molecule has 0 amide bonds. The molecule has 0 fully saturated rings. The zero-order chi connectivity index (χ0) is 9.61. The molecule has 0 rings (SSSR count). The molecule has 0 radical (unpaired) electrons. The summed E-state index contributed by atoms with van der Waals surface area (Å²) < 4.78 is 5.63. The second-order valence-corrected chi connectivity index (χ2v) is 5.13. The van der Waals surface area contributed by atoms with Crippen LogP contribution in [0.3, 0.4) is 0 Å². The molecule has 0 aliphatic rings. The number of hydrogen-bond acceptors (Lipinski definition) is 1. The van der Waals surface area contributed by atoms with Gasteiger partial charge in [-0.25, -0.2) is 0 Å². The van der Waals surface area contributed by atoms with Gasteiger partial charge in [-0.15, -0.1) is 0 Å². The van der Waals surface area contributed by atoms with Crippen molar-refractivity contribution in [1.29, 1.82) is 0 Å². The predicted octanol–water partition coefficient (Wildman–Crippen LogP) is 3.61. The lowest BCUT2D eigenvalue weighted by Crippen LogP contribution is -2.20. The first-order valence-electron chi connectivity index (χ1n) is 4.65. The Balaban J connectivity index is 3.31. The molecular weight excluding hydrogens is 216 g/mol.